The number of nitrogens with zero attached hydrogens (tertiary/aromatic N) is 2. The van der Waals surface area contributed by atoms with Crippen LogP contribution in [0.3, 0.4) is 0 Å². The Hall–Kier alpha value is -2.25. The summed E-state index contributed by atoms with van der Waals surface area (Å²) in [5, 5.41) is 17.8. The van der Waals surface area contributed by atoms with Gasteiger partial charge in [0, 0.05) is 51.6 Å². The van der Waals surface area contributed by atoms with Crippen LogP contribution in [0.4, 0.5) is 0 Å². The maximum absolute atomic E-state index is 14.0. The van der Waals surface area contributed by atoms with E-state index in [4.69, 9.17) is 14.2 Å². The summed E-state index contributed by atoms with van der Waals surface area (Å²) >= 11 is 0. The molecule has 9 N–H and O–H groups in total. The fraction of sp³-hybridized carbons (Fsp3) is 0.857. The van der Waals surface area contributed by atoms with Gasteiger partial charge < -0.3 is 35.7 Å². The minimum absolute atomic E-state index is 0.00513. The van der Waals surface area contributed by atoms with Crippen LogP contribution in [0.1, 0.15) is 110 Å². The molecule has 12 heteroatoms. The zero-order chi connectivity index (χ0) is 33.4. The van der Waals surface area contributed by atoms with Crippen molar-refractivity contribution < 1.29 is 44.9 Å². The second kappa shape index (κ2) is 16.4. The molecule has 0 unspecified atom stereocenters. The molecule has 2 spiro atoms. The van der Waals surface area contributed by atoms with E-state index >= 15 is 0 Å². The lowest BCUT2D eigenvalue weighted by Gasteiger charge is -2.50. The Balaban J connectivity index is 1.19. The van der Waals surface area contributed by atoms with Gasteiger partial charge in [-0.15, -0.1) is 0 Å². The molecule has 0 aliphatic carbocycles. The molecular formula is C35H63N6O6+3. The van der Waals surface area contributed by atoms with Gasteiger partial charge in [-0.25, -0.2) is 10.6 Å². The van der Waals surface area contributed by atoms with Crippen molar-refractivity contribution in [2.75, 3.05) is 32.8 Å². The number of ether oxygens (including phenoxy) is 3. The van der Waals surface area contributed by atoms with E-state index in [2.05, 4.69) is 52.7 Å². The summed E-state index contributed by atoms with van der Waals surface area (Å²) in [4.78, 5) is 28.7. The quantitative estimate of drug-likeness (QED) is 0.0742. The first-order chi connectivity index (χ1) is 22.7. The lowest BCUT2D eigenvalue weighted by Crippen LogP contribution is -2.76. The minimum atomic E-state index is -0.818. The molecule has 2 fully saturated rings. The third-order valence-electron chi connectivity index (χ3n) is 10.9. The topological polar surface area (TPSA) is 168 Å². The van der Waals surface area contributed by atoms with Crippen LogP contribution in [0, 0.1) is 5.92 Å². The lowest BCUT2D eigenvalue weighted by atomic mass is 9.80. The van der Waals surface area contributed by atoms with E-state index in [1.165, 1.54) is 0 Å². The van der Waals surface area contributed by atoms with Crippen molar-refractivity contribution in [3.8, 4) is 0 Å². The number of aliphatic hydroxyl groups excluding tert-OH is 1. The average Bonchev–Trinajstić information content (AvgIpc) is 3.34. The largest absolute Gasteiger partial charge is 0.465 e. The number of guanidine groups is 1. The summed E-state index contributed by atoms with van der Waals surface area (Å²) in [6, 6.07) is 0.295. The van der Waals surface area contributed by atoms with Gasteiger partial charge >= 0.3 is 11.9 Å². The van der Waals surface area contributed by atoms with Gasteiger partial charge in [-0.2, -0.15) is 0 Å². The molecule has 0 aromatic rings. The number of hydrogen-bond acceptors (Lipinski definition) is 8. The molecule has 5 heterocycles. The number of esters is 1. The third kappa shape index (κ3) is 8.49. The number of amides is 1. The molecule has 8 atom stereocenters. The van der Waals surface area contributed by atoms with Crippen LogP contribution >= 0.6 is 0 Å². The van der Waals surface area contributed by atoms with E-state index in [9.17, 15) is 14.7 Å². The fourth-order valence-electron chi connectivity index (χ4n) is 8.57. The second-order valence-electron chi connectivity index (χ2n) is 14.5. The highest BCUT2D eigenvalue weighted by atomic mass is 16.6. The minimum Gasteiger partial charge on any atom is -0.465 e. The van der Waals surface area contributed by atoms with Gasteiger partial charge in [-0.05, 0) is 64.7 Å². The number of unbranched alkanes of at least 4 members (excludes halogenated alkanes) is 2. The van der Waals surface area contributed by atoms with Gasteiger partial charge in [0.2, 0.25) is 11.6 Å². The smallest absolute Gasteiger partial charge is 0.350 e. The van der Waals surface area contributed by atoms with Crippen LogP contribution in [-0.2, 0) is 23.8 Å². The molecule has 1 amide bonds. The molecule has 5 aliphatic heterocycles. The average molecular weight is 664 g/mol. The van der Waals surface area contributed by atoms with Crippen LogP contribution in [0.15, 0.2) is 12.2 Å². The Kier molecular flexibility index (Phi) is 12.6. The molecule has 0 saturated carbocycles. The highest BCUT2D eigenvalue weighted by molar-refractivity contribution is 5.82. The third-order valence-corrected chi connectivity index (χ3v) is 10.9. The van der Waals surface area contributed by atoms with Crippen molar-refractivity contribution >= 4 is 17.8 Å². The molecule has 5 aliphatic rings. The molecule has 12 nitrogen and oxygen atoms in total. The van der Waals surface area contributed by atoms with Crippen LogP contribution in [0.2, 0.25) is 0 Å². The summed E-state index contributed by atoms with van der Waals surface area (Å²) in [5.41, 5.74) is 6.44. The van der Waals surface area contributed by atoms with Gasteiger partial charge in [-0.3, -0.25) is 14.2 Å². The monoisotopic (exact) mass is 663 g/mol. The van der Waals surface area contributed by atoms with Crippen molar-refractivity contribution in [3.63, 3.8) is 0 Å². The van der Waals surface area contributed by atoms with E-state index in [0.717, 1.165) is 89.6 Å². The summed E-state index contributed by atoms with van der Waals surface area (Å²) in [6.07, 6.45) is 16.4. The summed E-state index contributed by atoms with van der Waals surface area (Å²) in [7, 11) is 0. The molecule has 0 radical (unpaired) electrons. The van der Waals surface area contributed by atoms with E-state index in [0.29, 0.717) is 51.5 Å². The summed E-state index contributed by atoms with van der Waals surface area (Å²) in [6.45, 7) is 6.96. The zero-order valence-electron chi connectivity index (χ0n) is 29.1. The number of hydrogen-bond donors (Lipinski definition) is 5. The van der Waals surface area contributed by atoms with Crippen LogP contribution in [0.5, 0.6) is 0 Å². The van der Waals surface area contributed by atoms with Gasteiger partial charge in [-0.1, -0.05) is 19.1 Å². The predicted octanol–water partition coefficient (Wildman–Crippen LogP) is 0.783. The Morgan fingerprint density at radius 3 is 2.74 bits per heavy atom. The molecule has 0 aromatic carbocycles. The maximum Gasteiger partial charge on any atom is 0.350 e. The number of allylic oxidation sites excluding steroid dienone is 1. The van der Waals surface area contributed by atoms with Crippen LogP contribution in [-0.4, -0.2) is 107 Å². The van der Waals surface area contributed by atoms with Gasteiger partial charge in [0.25, 0.3) is 0 Å². The van der Waals surface area contributed by atoms with Gasteiger partial charge in [0.15, 0.2) is 11.6 Å². The van der Waals surface area contributed by atoms with E-state index in [-0.39, 0.29) is 30.1 Å². The van der Waals surface area contributed by atoms with E-state index in [1.54, 1.807) is 4.90 Å². The van der Waals surface area contributed by atoms with Crippen LogP contribution < -0.4 is 22.1 Å². The first-order valence-electron chi connectivity index (χ1n) is 18.7. The van der Waals surface area contributed by atoms with Gasteiger partial charge in [0.1, 0.15) is 0 Å². The number of nitrogens with one attached hydrogen (secondary N) is 2. The molecule has 5 rings (SSSR count). The molecule has 2 saturated heterocycles. The van der Waals surface area contributed by atoms with E-state index < -0.39 is 23.5 Å². The number of quaternary nitrogens is 2. The first kappa shape index (κ1) is 36.0. The number of rotatable bonds is 15. The van der Waals surface area contributed by atoms with Crippen molar-refractivity contribution in [2.45, 2.75) is 152 Å². The molecular weight excluding hydrogens is 600 g/mol. The molecule has 0 bridgehead atoms. The zero-order valence-corrected chi connectivity index (χ0v) is 29.1. The van der Waals surface area contributed by atoms with Crippen molar-refractivity contribution in [3.05, 3.63) is 12.2 Å². The lowest BCUT2D eigenvalue weighted by molar-refractivity contribution is -0.609. The highest BCUT2D eigenvalue weighted by Gasteiger charge is 2.64. The summed E-state index contributed by atoms with van der Waals surface area (Å²) in [5.74, 6) is 0.398. The van der Waals surface area contributed by atoms with Crippen molar-refractivity contribution in [1.29, 1.82) is 0 Å². The fourth-order valence-corrected chi connectivity index (χ4v) is 8.57. The standard InChI is InChI=1S/C35H60N6O6/c1-3-28-12-6-7-17-34(47-28)23-26-14-15-29-31(35(18-9-11-25(2)46-35)39-33(38-34)41(26)29)32(44)45-22-8-4-5-13-30(43)40(21-10-19-36)24-27(42)16-20-37/h6,12,25-29,31,42H,3-5,7-11,13-24,36-37H2,1-2H3,(H,38,39)/p+3/t25-,26+,27+,28-,29-,31-,34+,35-/m1/s1. The Morgan fingerprint density at radius 2 is 1.98 bits per heavy atom. The Labute approximate surface area is 281 Å². The summed E-state index contributed by atoms with van der Waals surface area (Å²) < 4.78 is 21.9. The molecule has 266 valence electrons. The van der Waals surface area contributed by atoms with E-state index in [1.807, 2.05) is 0 Å². The number of carbonyl (C=O) groups excluding carboxylic acids is 2. The Bertz CT molecular complexity index is 1140. The first-order valence-corrected chi connectivity index (χ1v) is 18.7. The highest BCUT2D eigenvalue weighted by Crippen LogP contribution is 2.45. The van der Waals surface area contributed by atoms with Gasteiger partial charge in [0.05, 0.1) is 50.1 Å². The van der Waals surface area contributed by atoms with Crippen molar-refractivity contribution in [1.82, 2.24) is 15.5 Å². The predicted molar refractivity (Wildman–Crippen MR) is 177 cm³/mol. The Morgan fingerprint density at radius 1 is 1.13 bits per heavy atom. The second-order valence-corrected chi connectivity index (χ2v) is 14.5. The SMILES string of the molecule is CC[C@@H]1C=CCC[C@@]2(C[C@@H]3CC[C@@H]4[C@H](C(=O)OCCCCCC(=O)N(CCC[NH3+])C[C@@H](O)CC[NH3+])[C@]5(CCC[C@@H](C)O5)NC(=[N+]34)N2)O1. The van der Waals surface area contributed by atoms with Crippen LogP contribution in [0.25, 0.3) is 0 Å². The van der Waals surface area contributed by atoms with Crippen molar-refractivity contribution in [2.24, 2.45) is 5.92 Å². The normalized spacial score (nSPS) is 33.6. The number of aliphatic hydroxyl groups is 1. The maximum atomic E-state index is 14.0. The molecule has 47 heavy (non-hydrogen) atoms. The molecule has 0 aromatic heterocycles. The number of carbonyl (C=O) groups is 2.